The predicted octanol–water partition coefficient (Wildman–Crippen LogP) is 0.0975. The Hall–Kier alpha value is -0.900. The van der Waals surface area contributed by atoms with Gasteiger partial charge in [0.2, 0.25) is 0 Å². The molecule has 0 aromatic heterocycles. The molecule has 2 N–H and O–H groups in total. The van der Waals surface area contributed by atoms with Gasteiger partial charge in [0, 0.05) is 13.0 Å². The van der Waals surface area contributed by atoms with Gasteiger partial charge in [-0.2, -0.15) is 0 Å². The zero-order chi connectivity index (χ0) is 8.97. The van der Waals surface area contributed by atoms with Crippen LogP contribution >= 0.6 is 0 Å². The third kappa shape index (κ3) is 2.62. The van der Waals surface area contributed by atoms with Crippen LogP contribution in [0.2, 0.25) is 0 Å². The monoisotopic (exact) mass is 168 g/mol. The van der Waals surface area contributed by atoms with E-state index in [2.05, 4.69) is 21.9 Å². The average molecular weight is 168 g/mol. The Balaban J connectivity index is 2.57. The predicted molar refractivity (Wildman–Crippen MR) is 51.7 cm³/mol. The number of hydrogen-bond donors (Lipinski definition) is 1. The third-order valence-electron chi connectivity index (χ3n) is 1.82. The van der Waals surface area contributed by atoms with Gasteiger partial charge >= 0.3 is 0 Å². The number of aliphatic imine (C=N–C) groups is 2. The second-order valence-electron chi connectivity index (χ2n) is 2.99. The SMILES string of the molecule is CCC(N)=NC1=NCCN(C)C1. The van der Waals surface area contributed by atoms with Crippen LogP contribution in [-0.2, 0) is 0 Å². The molecule has 0 aliphatic carbocycles. The Morgan fingerprint density at radius 3 is 3.08 bits per heavy atom. The smallest absolute Gasteiger partial charge is 0.139 e. The molecule has 4 nitrogen and oxygen atoms in total. The molecule has 0 radical (unpaired) electrons. The fraction of sp³-hybridized carbons (Fsp3) is 0.750. The van der Waals surface area contributed by atoms with Crippen molar-refractivity contribution in [1.29, 1.82) is 0 Å². The molecule has 4 heteroatoms. The van der Waals surface area contributed by atoms with E-state index in [9.17, 15) is 0 Å². The highest BCUT2D eigenvalue weighted by molar-refractivity contribution is 5.97. The number of hydrogen-bond acceptors (Lipinski definition) is 3. The minimum atomic E-state index is 0.670. The normalized spacial score (nSPS) is 20.8. The topological polar surface area (TPSA) is 54.0 Å². The zero-order valence-electron chi connectivity index (χ0n) is 7.75. The van der Waals surface area contributed by atoms with E-state index in [1.807, 2.05) is 6.92 Å². The summed E-state index contributed by atoms with van der Waals surface area (Å²) in [5.74, 6) is 1.53. The van der Waals surface area contributed by atoms with Gasteiger partial charge < -0.3 is 5.73 Å². The van der Waals surface area contributed by atoms with Gasteiger partial charge in [-0.05, 0) is 7.05 Å². The van der Waals surface area contributed by atoms with Crippen LogP contribution in [0, 0.1) is 0 Å². The first-order valence-electron chi connectivity index (χ1n) is 4.27. The summed E-state index contributed by atoms with van der Waals surface area (Å²) in [5.41, 5.74) is 5.60. The molecule has 0 bridgehead atoms. The van der Waals surface area contributed by atoms with Gasteiger partial charge in [-0.3, -0.25) is 9.89 Å². The fourth-order valence-electron chi connectivity index (χ4n) is 1.04. The maximum Gasteiger partial charge on any atom is 0.139 e. The summed E-state index contributed by atoms with van der Waals surface area (Å²) < 4.78 is 0. The molecule has 0 aromatic carbocycles. The van der Waals surface area contributed by atoms with Gasteiger partial charge in [0.05, 0.1) is 13.1 Å². The van der Waals surface area contributed by atoms with Gasteiger partial charge in [0.25, 0.3) is 0 Å². The van der Waals surface area contributed by atoms with Crippen molar-refractivity contribution >= 4 is 11.7 Å². The molecule has 0 saturated carbocycles. The minimum Gasteiger partial charge on any atom is -0.387 e. The Labute approximate surface area is 73.2 Å². The van der Waals surface area contributed by atoms with Crippen LogP contribution in [0.15, 0.2) is 9.98 Å². The van der Waals surface area contributed by atoms with Crippen molar-refractivity contribution in [3.63, 3.8) is 0 Å². The molecule has 0 aromatic rings. The summed E-state index contributed by atoms with van der Waals surface area (Å²) in [6, 6.07) is 0. The maximum absolute atomic E-state index is 5.60. The van der Waals surface area contributed by atoms with Crippen molar-refractivity contribution in [3.05, 3.63) is 0 Å². The molecule has 0 amide bonds. The highest BCUT2D eigenvalue weighted by Crippen LogP contribution is 1.96. The van der Waals surface area contributed by atoms with Crippen LogP contribution in [0.1, 0.15) is 13.3 Å². The van der Waals surface area contributed by atoms with E-state index in [0.717, 1.165) is 31.9 Å². The molecule has 12 heavy (non-hydrogen) atoms. The van der Waals surface area contributed by atoms with E-state index in [1.54, 1.807) is 0 Å². The molecule has 0 unspecified atom stereocenters. The number of amidine groups is 2. The van der Waals surface area contributed by atoms with Crippen LogP contribution in [0.25, 0.3) is 0 Å². The Morgan fingerprint density at radius 1 is 1.75 bits per heavy atom. The van der Waals surface area contributed by atoms with Crippen molar-refractivity contribution < 1.29 is 0 Å². The van der Waals surface area contributed by atoms with Crippen LogP contribution < -0.4 is 5.73 Å². The van der Waals surface area contributed by atoms with Crippen molar-refractivity contribution in [3.8, 4) is 0 Å². The second kappa shape index (κ2) is 4.21. The van der Waals surface area contributed by atoms with Gasteiger partial charge in [-0.15, -0.1) is 0 Å². The van der Waals surface area contributed by atoms with Crippen molar-refractivity contribution in [2.45, 2.75) is 13.3 Å². The summed E-state index contributed by atoms with van der Waals surface area (Å²) >= 11 is 0. The van der Waals surface area contributed by atoms with E-state index < -0.39 is 0 Å². The van der Waals surface area contributed by atoms with E-state index in [0.29, 0.717) is 5.84 Å². The lowest BCUT2D eigenvalue weighted by atomic mass is 10.4. The molecule has 1 aliphatic rings. The van der Waals surface area contributed by atoms with Crippen LogP contribution in [0.4, 0.5) is 0 Å². The Morgan fingerprint density at radius 2 is 2.50 bits per heavy atom. The number of likely N-dealkylation sites (N-methyl/N-ethyl adjacent to an activating group) is 1. The summed E-state index contributed by atoms with van der Waals surface area (Å²) in [7, 11) is 2.06. The molecule has 0 spiro atoms. The molecular weight excluding hydrogens is 152 g/mol. The molecular formula is C8H16N4. The van der Waals surface area contributed by atoms with E-state index in [4.69, 9.17) is 5.73 Å². The number of rotatable bonds is 1. The molecule has 0 atom stereocenters. The largest absolute Gasteiger partial charge is 0.387 e. The molecule has 1 rings (SSSR count). The Bertz CT molecular complexity index is 207. The summed E-state index contributed by atoms with van der Waals surface area (Å²) in [6.45, 7) is 4.67. The summed E-state index contributed by atoms with van der Waals surface area (Å²) in [4.78, 5) is 10.7. The quantitative estimate of drug-likeness (QED) is 0.446. The number of nitrogens with two attached hydrogens (primary N) is 1. The van der Waals surface area contributed by atoms with Crippen LogP contribution in [-0.4, -0.2) is 43.3 Å². The molecule has 68 valence electrons. The first-order chi connectivity index (χ1) is 5.72. The van der Waals surface area contributed by atoms with Gasteiger partial charge in [-0.25, -0.2) is 4.99 Å². The summed E-state index contributed by atoms with van der Waals surface area (Å²) in [6.07, 6.45) is 0.794. The molecule has 0 fully saturated rings. The van der Waals surface area contributed by atoms with E-state index in [1.165, 1.54) is 0 Å². The van der Waals surface area contributed by atoms with E-state index in [-0.39, 0.29) is 0 Å². The lowest BCUT2D eigenvalue weighted by molar-refractivity contribution is 0.377. The van der Waals surface area contributed by atoms with Crippen molar-refractivity contribution in [2.75, 3.05) is 26.7 Å². The first-order valence-corrected chi connectivity index (χ1v) is 4.27. The highest BCUT2D eigenvalue weighted by Gasteiger charge is 2.08. The van der Waals surface area contributed by atoms with Gasteiger partial charge in [-0.1, -0.05) is 6.92 Å². The first kappa shape index (κ1) is 9.19. The maximum atomic E-state index is 5.60. The third-order valence-corrected chi connectivity index (χ3v) is 1.82. The standard InChI is InChI=1S/C8H16N4/c1-3-7(9)11-8-6-12(2)5-4-10-8/h3-6H2,1-2H3,(H2,9,10,11). The molecule has 1 heterocycles. The lowest BCUT2D eigenvalue weighted by Crippen LogP contribution is -2.33. The number of nitrogens with zero attached hydrogens (tertiary/aromatic N) is 3. The molecule has 0 saturated heterocycles. The lowest BCUT2D eigenvalue weighted by Gasteiger charge is -2.19. The van der Waals surface area contributed by atoms with E-state index >= 15 is 0 Å². The van der Waals surface area contributed by atoms with Crippen molar-refractivity contribution in [1.82, 2.24) is 4.90 Å². The minimum absolute atomic E-state index is 0.670. The van der Waals surface area contributed by atoms with Gasteiger partial charge in [0.1, 0.15) is 11.7 Å². The average Bonchev–Trinajstić information content (AvgIpc) is 2.04. The van der Waals surface area contributed by atoms with Crippen LogP contribution in [0.5, 0.6) is 0 Å². The fourth-order valence-corrected chi connectivity index (χ4v) is 1.04. The highest BCUT2D eigenvalue weighted by atomic mass is 15.2. The second-order valence-corrected chi connectivity index (χ2v) is 2.99. The zero-order valence-corrected chi connectivity index (χ0v) is 7.75. The Kier molecular flexibility index (Phi) is 3.22. The van der Waals surface area contributed by atoms with Gasteiger partial charge in [0.15, 0.2) is 0 Å². The van der Waals surface area contributed by atoms with Crippen LogP contribution in [0.3, 0.4) is 0 Å². The van der Waals surface area contributed by atoms with Crippen molar-refractivity contribution in [2.24, 2.45) is 15.7 Å². The molecule has 1 aliphatic heterocycles. The summed E-state index contributed by atoms with van der Waals surface area (Å²) in [5, 5.41) is 0.